The maximum atomic E-state index is 12.2. The highest BCUT2D eigenvalue weighted by Gasteiger charge is 2.17. The first-order chi connectivity index (χ1) is 11.7. The lowest BCUT2D eigenvalue weighted by molar-refractivity contribution is -0.117. The van der Waals surface area contributed by atoms with E-state index in [-0.39, 0.29) is 36.8 Å². The number of nitrogens with one attached hydrogen (secondary N) is 2. The van der Waals surface area contributed by atoms with Gasteiger partial charge in [-0.3, -0.25) is 9.69 Å². The number of ether oxygens (including phenoxy) is 1. The van der Waals surface area contributed by atoms with Crippen LogP contribution in [-0.2, 0) is 16.1 Å². The van der Waals surface area contributed by atoms with Gasteiger partial charge in [-0.2, -0.15) is 11.8 Å². The number of amides is 1. The number of thioether (sulfide) groups is 1. The van der Waals surface area contributed by atoms with Gasteiger partial charge in [0.2, 0.25) is 5.91 Å². The third kappa shape index (κ3) is 7.25. The van der Waals surface area contributed by atoms with Crippen LogP contribution in [0.1, 0.15) is 17.5 Å². The zero-order chi connectivity index (χ0) is 16.8. The lowest BCUT2D eigenvalue weighted by Crippen LogP contribution is -2.43. The van der Waals surface area contributed by atoms with Gasteiger partial charge in [-0.15, -0.1) is 24.8 Å². The lowest BCUT2D eigenvalue weighted by Gasteiger charge is -2.26. The summed E-state index contributed by atoms with van der Waals surface area (Å²) in [6.45, 7) is 7.55. The van der Waals surface area contributed by atoms with Crippen LogP contribution in [-0.4, -0.2) is 61.2 Å². The van der Waals surface area contributed by atoms with E-state index in [9.17, 15) is 4.79 Å². The van der Waals surface area contributed by atoms with Gasteiger partial charge in [-0.1, -0.05) is 12.1 Å². The van der Waals surface area contributed by atoms with Crippen molar-refractivity contribution in [2.45, 2.75) is 25.9 Å². The van der Waals surface area contributed by atoms with Gasteiger partial charge in [0.1, 0.15) is 0 Å². The standard InChI is InChI=1S/C18H27N3O2S.2ClH/c1-14-10-15(12-21-5-8-24-9-6-21)2-3-17(14)20-18(22)11-16-13-23-7-4-19-16;;/h2-3,10,16,19H,4-9,11-13H2,1H3,(H,20,22);2*1H. The van der Waals surface area contributed by atoms with E-state index in [1.165, 1.54) is 30.2 Å². The van der Waals surface area contributed by atoms with Gasteiger partial charge in [-0.25, -0.2) is 0 Å². The molecule has 0 spiro atoms. The molecule has 1 unspecified atom stereocenters. The van der Waals surface area contributed by atoms with E-state index < -0.39 is 0 Å². The van der Waals surface area contributed by atoms with Crippen molar-refractivity contribution in [3.8, 4) is 0 Å². The Balaban J connectivity index is 0.00000169. The molecule has 0 aromatic heterocycles. The molecule has 2 heterocycles. The first-order valence-electron chi connectivity index (χ1n) is 8.71. The Morgan fingerprint density at radius 1 is 1.35 bits per heavy atom. The quantitative estimate of drug-likeness (QED) is 0.765. The van der Waals surface area contributed by atoms with Crippen molar-refractivity contribution in [1.82, 2.24) is 10.2 Å². The summed E-state index contributed by atoms with van der Waals surface area (Å²) < 4.78 is 5.40. The molecule has 26 heavy (non-hydrogen) atoms. The molecule has 1 atom stereocenters. The molecule has 5 nitrogen and oxygen atoms in total. The summed E-state index contributed by atoms with van der Waals surface area (Å²) in [5, 5.41) is 6.35. The van der Waals surface area contributed by atoms with Crippen molar-refractivity contribution in [1.29, 1.82) is 0 Å². The number of carbonyl (C=O) groups excluding carboxylic acids is 1. The Morgan fingerprint density at radius 2 is 2.12 bits per heavy atom. The fourth-order valence-electron chi connectivity index (χ4n) is 3.16. The van der Waals surface area contributed by atoms with Crippen LogP contribution in [0.15, 0.2) is 18.2 Å². The number of halogens is 2. The second-order valence-electron chi connectivity index (χ2n) is 6.52. The number of carbonyl (C=O) groups is 1. The average Bonchev–Trinajstić information content (AvgIpc) is 2.59. The van der Waals surface area contributed by atoms with E-state index in [0.717, 1.165) is 30.9 Å². The number of rotatable bonds is 5. The third-order valence-electron chi connectivity index (χ3n) is 4.51. The van der Waals surface area contributed by atoms with Crippen molar-refractivity contribution in [2.75, 3.05) is 49.7 Å². The van der Waals surface area contributed by atoms with Crippen LogP contribution in [0.5, 0.6) is 0 Å². The zero-order valence-electron chi connectivity index (χ0n) is 15.2. The Kier molecular flexibility index (Phi) is 10.9. The summed E-state index contributed by atoms with van der Waals surface area (Å²) >= 11 is 2.03. The number of morpholine rings is 1. The minimum atomic E-state index is 0. The minimum Gasteiger partial charge on any atom is -0.378 e. The maximum Gasteiger partial charge on any atom is 0.226 e. The van der Waals surface area contributed by atoms with Crippen molar-refractivity contribution >= 4 is 48.2 Å². The predicted octanol–water partition coefficient (Wildman–Crippen LogP) is 2.70. The van der Waals surface area contributed by atoms with E-state index in [1.807, 2.05) is 17.8 Å². The molecule has 148 valence electrons. The van der Waals surface area contributed by atoms with Gasteiger partial charge in [-0.05, 0) is 24.1 Å². The second-order valence-corrected chi connectivity index (χ2v) is 7.74. The van der Waals surface area contributed by atoms with Crippen LogP contribution in [0.2, 0.25) is 0 Å². The Hall–Kier alpha value is -0.500. The van der Waals surface area contributed by atoms with Crippen molar-refractivity contribution in [3.05, 3.63) is 29.3 Å². The highest BCUT2D eigenvalue weighted by molar-refractivity contribution is 7.99. The Bertz CT molecular complexity index is 565. The first kappa shape index (κ1) is 23.5. The van der Waals surface area contributed by atoms with Crippen LogP contribution in [0, 0.1) is 6.92 Å². The number of aryl methyl sites for hydroxylation is 1. The van der Waals surface area contributed by atoms with Gasteiger partial charge in [0.05, 0.1) is 13.2 Å². The second kappa shape index (κ2) is 12.1. The molecule has 2 fully saturated rings. The molecule has 0 aliphatic carbocycles. The molecule has 0 bridgehead atoms. The van der Waals surface area contributed by atoms with Crippen LogP contribution in [0.4, 0.5) is 5.69 Å². The molecule has 2 aliphatic rings. The van der Waals surface area contributed by atoms with Crippen LogP contribution in [0.3, 0.4) is 0 Å². The summed E-state index contributed by atoms with van der Waals surface area (Å²) in [5.41, 5.74) is 3.36. The van der Waals surface area contributed by atoms with E-state index in [1.54, 1.807) is 0 Å². The summed E-state index contributed by atoms with van der Waals surface area (Å²) in [6.07, 6.45) is 0.451. The minimum absolute atomic E-state index is 0. The van der Waals surface area contributed by atoms with Crippen molar-refractivity contribution < 1.29 is 9.53 Å². The largest absolute Gasteiger partial charge is 0.378 e. The summed E-state index contributed by atoms with van der Waals surface area (Å²) in [4.78, 5) is 14.7. The smallest absolute Gasteiger partial charge is 0.226 e. The summed E-state index contributed by atoms with van der Waals surface area (Å²) in [7, 11) is 0. The molecule has 8 heteroatoms. The summed E-state index contributed by atoms with van der Waals surface area (Å²) in [5.74, 6) is 2.50. The van der Waals surface area contributed by atoms with Gasteiger partial charge in [0, 0.05) is 55.8 Å². The molecular formula is C18H29Cl2N3O2S. The van der Waals surface area contributed by atoms with Gasteiger partial charge in [0.25, 0.3) is 0 Å². The van der Waals surface area contributed by atoms with E-state index in [4.69, 9.17) is 4.74 Å². The monoisotopic (exact) mass is 421 g/mol. The van der Waals surface area contributed by atoms with E-state index in [0.29, 0.717) is 13.0 Å². The molecule has 1 aromatic carbocycles. The third-order valence-corrected chi connectivity index (χ3v) is 5.45. The number of anilines is 1. The average molecular weight is 422 g/mol. The molecule has 3 rings (SSSR count). The molecule has 1 aromatic rings. The molecule has 2 saturated heterocycles. The van der Waals surface area contributed by atoms with Gasteiger partial charge in [0.15, 0.2) is 0 Å². The molecular weight excluding hydrogens is 393 g/mol. The molecule has 2 N–H and O–H groups in total. The highest BCUT2D eigenvalue weighted by atomic mass is 35.5. The van der Waals surface area contributed by atoms with Crippen molar-refractivity contribution in [3.63, 3.8) is 0 Å². The van der Waals surface area contributed by atoms with E-state index >= 15 is 0 Å². The van der Waals surface area contributed by atoms with Crippen LogP contribution < -0.4 is 10.6 Å². The van der Waals surface area contributed by atoms with Crippen LogP contribution in [0.25, 0.3) is 0 Å². The lowest BCUT2D eigenvalue weighted by atomic mass is 10.1. The van der Waals surface area contributed by atoms with Gasteiger partial charge >= 0.3 is 0 Å². The number of hydrogen-bond acceptors (Lipinski definition) is 5. The molecule has 2 aliphatic heterocycles. The van der Waals surface area contributed by atoms with Gasteiger partial charge < -0.3 is 15.4 Å². The number of benzene rings is 1. The topological polar surface area (TPSA) is 53.6 Å². The van der Waals surface area contributed by atoms with Crippen LogP contribution >= 0.6 is 36.6 Å². The zero-order valence-corrected chi connectivity index (χ0v) is 17.6. The van der Waals surface area contributed by atoms with E-state index in [2.05, 4.69) is 34.6 Å². The number of hydrogen-bond donors (Lipinski definition) is 2. The predicted molar refractivity (Wildman–Crippen MR) is 114 cm³/mol. The molecule has 1 amide bonds. The Labute approximate surface area is 172 Å². The highest BCUT2D eigenvalue weighted by Crippen LogP contribution is 2.19. The maximum absolute atomic E-state index is 12.2. The number of nitrogens with zero attached hydrogens (tertiary/aromatic N) is 1. The van der Waals surface area contributed by atoms with Crippen molar-refractivity contribution in [2.24, 2.45) is 0 Å². The fraction of sp³-hybridized carbons (Fsp3) is 0.611. The molecule has 0 saturated carbocycles. The summed E-state index contributed by atoms with van der Waals surface area (Å²) in [6, 6.07) is 6.48. The first-order valence-corrected chi connectivity index (χ1v) is 9.87. The SMILES string of the molecule is Cc1cc(CN2CCSCC2)ccc1NC(=O)CC1COCCN1.Cl.Cl. The normalized spacial score (nSPS) is 20.6. The Morgan fingerprint density at radius 3 is 2.77 bits per heavy atom. The molecule has 0 radical (unpaired) electrons. The fourth-order valence-corrected chi connectivity index (χ4v) is 4.14.